The van der Waals surface area contributed by atoms with E-state index in [-0.39, 0.29) is 11.9 Å². The van der Waals surface area contributed by atoms with Gasteiger partial charge in [-0.3, -0.25) is 9.69 Å². The zero-order valence-electron chi connectivity index (χ0n) is 21.0. The zero-order valence-corrected chi connectivity index (χ0v) is 21.0. The van der Waals surface area contributed by atoms with Crippen LogP contribution in [0.15, 0.2) is 77.2 Å². The fourth-order valence-electron chi connectivity index (χ4n) is 5.08. The number of benzene rings is 3. The Morgan fingerprint density at radius 2 is 1.67 bits per heavy atom. The van der Waals surface area contributed by atoms with Gasteiger partial charge in [0.15, 0.2) is 17.3 Å². The molecule has 1 aliphatic rings. The molecule has 0 bridgehead atoms. The van der Waals surface area contributed by atoms with Gasteiger partial charge >= 0.3 is 0 Å². The second-order valence-corrected chi connectivity index (χ2v) is 9.36. The Kier molecular flexibility index (Phi) is 6.96. The van der Waals surface area contributed by atoms with Crippen molar-refractivity contribution in [1.82, 2.24) is 4.90 Å². The van der Waals surface area contributed by atoms with Crippen LogP contribution in [-0.4, -0.2) is 38.1 Å². The van der Waals surface area contributed by atoms with Crippen LogP contribution in [0.3, 0.4) is 0 Å². The molecule has 4 aromatic rings. The van der Waals surface area contributed by atoms with E-state index in [0.717, 1.165) is 42.5 Å². The SMILES string of the molecule is COc1cccc(C(c2oc3ccccc3c2NC(=O)c2ccccc2)N2CCC(C)CC2)c1OC. The van der Waals surface area contributed by atoms with Crippen LogP contribution < -0.4 is 14.8 Å². The van der Waals surface area contributed by atoms with E-state index < -0.39 is 0 Å². The number of rotatable bonds is 7. The van der Waals surface area contributed by atoms with Gasteiger partial charge in [0.1, 0.15) is 5.58 Å². The normalized spacial score (nSPS) is 15.5. The van der Waals surface area contributed by atoms with Gasteiger partial charge in [-0.05, 0) is 62.2 Å². The number of fused-ring (bicyclic) bond motifs is 1. The lowest BCUT2D eigenvalue weighted by Gasteiger charge is -2.37. The highest BCUT2D eigenvalue weighted by Crippen LogP contribution is 2.46. The standard InChI is InChI=1S/C30H32N2O4/c1-20-16-18-32(19-17-20)27(23-13-9-15-25(34-2)28(23)35-3)29-26(22-12-7-8-14-24(22)36-29)31-30(33)21-10-5-4-6-11-21/h4-15,20,27H,16-19H2,1-3H3,(H,31,33). The van der Waals surface area contributed by atoms with Gasteiger partial charge in [-0.1, -0.05) is 49.4 Å². The van der Waals surface area contributed by atoms with Crippen molar-refractivity contribution in [3.63, 3.8) is 0 Å². The molecule has 1 amide bonds. The van der Waals surface area contributed by atoms with Crippen molar-refractivity contribution in [3.05, 3.63) is 89.7 Å². The summed E-state index contributed by atoms with van der Waals surface area (Å²) in [6.45, 7) is 4.12. The fraction of sp³-hybridized carbons (Fsp3) is 0.300. The van der Waals surface area contributed by atoms with Crippen LogP contribution in [0.1, 0.15) is 47.5 Å². The predicted molar refractivity (Wildman–Crippen MR) is 142 cm³/mol. The average Bonchev–Trinajstić information content (AvgIpc) is 3.27. The molecule has 6 nitrogen and oxygen atoms in total. The molecular formula is C30H32N2O4. The summed E-state index contributed by atoms with van der Waals surface area (Å²) >= 11 is 0. The van der Waals surface area contributed by atoms with Crippen LogP contribution in [0.2, 0.25) is 0 Å². The number of likely N-dealkylation sites (tertiary alicyclic amines) is 1. The summed E-state index contributed by atoms with van der Waals surface area (Å²) in [7, 11) is 3.30. The average molecular weight is 485 g/mol. The third-order valence-corrected chi connectivity index (χ3v) is 7.06. The Bertz CT molecular complexity index is 1340. The second kappa shape index (κ2) is 10.5. The van der Waals surface area contributed by atoms with Gasteiger partial charge in [-0.2, -0.15) is 0 Å². The molecule has 36 heavy (non-hydrogen) atoms. The van der Waals surface area contributed by atoms with Crippen LogP contribution in [0.25, 0.3) is 11.0 Å². The Hall–Kier alpha value is -3.77. The molecule has 0 spiro atoms. The zero-order chi connectivity index (χ0) is 25.1. The molecule has 1 aliphatic heterocycles. The molecule has 0 saturated carbocycles. The summed E-state index contributed by atoms with van der Waals surface area (Å²) in [6, 6.07) is 22.7. The topological polar surface area (TPSA) is 63.9 Å². The molecule has 1 unspecified atom stereocenters. The number of carbonyl (C=O) groups is 1. The van der Waals surface area contributed by atoms with E-state index in [1.54, 1.807) is 14.2 Å². The number of ether oxygens (including phenoxy) is 2. The molecule has 1 atom stereocenters. The van der Waals surface area contributed by atoms with E-state index in [0.29, 0.717) is 34.4 Å². The molecule has 5 rings (SSSR count). The number of anilines is 1. The van der Waals surface area contributed by atoms with Gasteiger partial charge in [-0.25, -0.2) is 0 Å². The number of hydrogen-bond acceptors (Lipinski definition) is 5. The molecule has 0 aliphatic carbocycles. The molecule has 2 heterocycles. The first-order valence-corrected chi connectivity index (χ1v) is 12.4. The van der Waals surface area contributed by atoms with Gasteiger partial charge < -0.3 is 19.2 Å². The highest BCUT2D eigenvalue weighted by atomic mass is 16.5. The number of hydrogen-bond donors (Lipinski definition) is 1. The minimum absolute atomic E-state index is 0.174. The molecular weight excluding hydrogens is 452 g/mol. The maximum absolute atomic E-state index is 13.3. The van der Waals surface area contributed by atoms with Crippen molar-refractivity contribution in [3.8, 4) is 11.5 Å². The van der Waals surface area contributed by atoms with E-state index in [9.17, 15) is 4.79 Å². The molecule has 1 aromatic heterocycles. The van der Waals surface area contributed by atoms with Crippen molar-refractivity contribution in [1.29, 1.82) is 0 Å². The number of carbonyl (C=O) groups excluding carboxylic acids is 1. The first-order chi connectivity index (χ1) is 17.6. The van der Waals surface area contributed by atoms with E-state index in [1.165, 1.54) is 0 Å². The Balaban J connectivity index is 1.68. The summed E-state index contributed by atoms with van der Waals surface area (Å²) in [5, 5.41) is 4.05. The highest BCUT2D eigenvalue weighted by molar-refractivity contribution is 6.09. The van der Waals surface area contributed by atoms with E-state index in [4.69, 9.17) is 13.9 Å². The molecule has 0 radical (unpaired) electrons. The Morgan fingerprint density at radius 1 is 0.944 bits per heavy atom. The predicted octanol–water partition coefficient (Wildman–Crippen LogP) is 6.52. The van der Waals surface area contributed by atoms with Crippen LogP contribution in [0, 0.1) is 5.92 Å². The third kappa shape index (κ3) is 4.56. The summed E-state index contributed by atoms with van der Waals surface area (Å²) in [5.41, 5.74) is 2.96. The van der Waals surface area contributed by atoms with Gasteiger partial charge in [-0.15, -0.1) is 0 Å². The van der Waals surface area contributed by atoms with Gasteiger partial charge in [0.2, 0.25) is 0 Å². The lowest BCUT2D eigenvalue weighted by atomic mass is 9.93. The first-order valence-electron chi connectivity index (χ1n) is 12.4. The summed E-state index contributed by atoms with van der Waals surface area (Å²) in [6.07, 6.45) is 2.18. The number of methoxy groups -OCH3 is 2. The monoisotopic (exact) mass is 484 g/mol. The van der Waals surface area contributed by atoms with Crippen LogP contribution in [0.4, 0.5) is 5.69 Å². The van der Waals surface area contributed by atoms with E-state index in [1.807, 2.05) is 66.7 Å². The quantitative estimate of drug-likeness (QED) is 0.323. The maximum atomic E-state index is 13.3. The molecule has 3 aromatic carbocycles. The number of furan rings is 1. The number of amides is 1. The minimum atomic E-state index is -0.263. The smallest absolute Gasteiger partial charge is 0.255 e. The fourth-order valence-corrected chi connectivity index (χ4v) is 5.08. The lowest BCUT2D eigenvalue weighted by molar-refractivity contribution is 0.102. The van der Waals surface area contributed by atoms with Crippen LogP contribution in [-0.2, 0) is 0 Å². The number of para-hydroxylation sites is 2. The largest absolute Gasteiger partial charge is 0.493 e. The molecule has 1 N–H and O–H groups in total. The van der Waals surface area contributed by atoms with Crippen LogP contribution in [0.5, 0.6) is 11.5 Å². The van der Waals surface area contributed by atoms with E-state index in [2.05, 4.69) is 23.2 Å². The van der Waals surface area contributed by atoms with Crippen molar-refractivity contribution < 1.29 is 18.7 Å². The number of nitrogens with zero attached hydrogens (tertiary/aromatic N) is 1. The minimum Gasteiger partial charge on any atom is -0.493 e. The van der Waals surface area contributed by atoms with Gasteiger partial charge in [0, 0.05) is 16.5 Å². The highest BCUT2D eigenvalue weighted by Gasteiger charge is 2.35. The van der Waals surface area contributed by atoms with Crippen LogP contribution >= 0.6 is 0 Å². The summed E-state index contributed by atoms with van der Waals surface area (Å²) in [5.74, 6) is 2.52. The maximum Gasteiger partial charge on any atom is 0.255 e. The van der Waals surface area contributed by atoms with E-state index >= 15 is 0 Å². The third-order valence-electron chi connectivity index (χ3n) is 7.06. The van der Waals surface area contributed by atoms with Crippen molar-refractivity contribution in [2.45, 2.75) is 25.8 Å². The molecule has 186 valence electrons. The van der Waals surface area contributed by atoms with Gasteiger partial charge in [0.05, 0.1) is 25.9 Å². The number of piperidine rings is 1. The molecule has 6 heteroatoms. The molecule has 1 fully saturated rings. The van der Waals surface area contributed by atoms with Crippen molar-refractivity contribution in [2.24, 2.45) is 5.92 Å². The first kappa shape index (κ1) is 23.9. The Labute approximate surface area is 211 Å². The van der Waals surface area contributed by atoms with Gasteiger partial charge in [0.25, 0.3) is 5.91 Å². The van der Waals surface area contributed by atoms with Crippen molar-refractivity contribution >= 4 is 22.6 Å². The lowest BCUT2D eigenvalue weighted by Crippen LogP contribution is -2.37. The number of nitrogens with one attached hydrogen (secondary N) is 1. The molecule has 1 saturated heterocycles. The summed E-state index contributed by atoms with van der Waals surface area (Å²) in [4.78, 5) is 15.7. The Morgan fingerprint density at radius 3 is 2.39 bits per heavy atom. The second-order valence-electron chi connectivity index (χ2n) is 9.36. The summed E-state index contributed by atoms with van der Waals surface area (Å²) < 4.78 is 18.1. The van der Waals surface area contributed by atoms with Crippen molar-refractivity contribution in [2.75, 3.05) is 32.6 Å².